The molecular formula is C25H32N6O4. The quantitative estimate of drug-likeness (QED) is 0.269. The predicted octanol–water partition coefficient (Wildman–Crippen LogP) is 2.69. The lowest BCUT2D eigenvalue weighted by molar-refractivity contribution is -0.161. The standard InChI is InChI=1S/C25H32N6O4/c1-25(2,3)21(26)23(33)31(22(32)19-13-18(14-28-19)29-30-27)20(24(34)35-4)12-15-9-10-16-7-5-6-8-17(16)11-15/h5-11,18-21,28H,12-14,26H2,1-4H3/t18-,19-,20?,21+/m0/s1. The smallest absolute Gasteiger partial charge is 0.329 e. The minimum atomic E-state index is -1.21. The number of esters is 1. The molecule has 10 nitrogen and oxygen atoms in total. The van der Waals surface area contributed by atoms with Gasteiger partial charge in [-0.25, -0.2) is 4.79 Å². The van der Waals surface area contributed by atoms with Crippen LogP contribution in [0.25, 0.3) is 21.2 Å². The lowest BCUT2D eigenvalue weighted by Crippen LogP contribution is -2.61. The van der Waals surface area contributed by atoms with Gasteiger partial charge in [-0.05, 0) is 33.7 Å². The molecule has 0 aliphatic carbocycles. The third kappa shape index (κ3) is 5.97. The minimum Gasteiger partial charge on any atom is -0.467 e. The van der Waals surface area contributed by atoms with Crippen LogP contribution in [0.2, 0.25) is 0 Å². The Hall–Kier alpha value is -3.46. The summed E-state index contributed by atoms with van der Waals surface area (Å²) in [7, 11) is 1.22. The summed E-state index contributed by atoms with van der Waals surface area (Å²) in [6.45, 7) is 5.67. The molecule has 1 aliphatic rings. The van der Waals surface area contributed by atoms with Crippen molar-refractivity contribution in [3.8, 4) is 0 Å². The van der Waals surface area contributed by atoms with E-state index in [4.69, 9.17) is 16.0 Å². The Bertz CT molecular complexity index is 1150. The van der Waals surface area contributed by atoms with Crippen molar-refractivity contribution >= 4 is 28.6 Å². The van der Waals surface area contributed by atoms with Crippen molar-refractivity contribution in [2.24, 2.45) is 16.3 Å². The molecule has 0 aromatic heterocycles. The number of nitrogens with zero attached hydrogens (tertiary/aromatic N) is 4. The molecule has 2 aromatic carbocycles. The van der Waals surface area contributed by atoms with Crippen LogP contribution >= 0.6 is 0 Å². The molecule has 0 spiro atoms. The number of imide groups is 1. The number of methoxy groups -OCH3 is 1. The van der Waals surface area contributed by atoms with Gasteiger partial charge in [0, 0.05) is 17.9 Å². The first-order chi connectivity index (χ1) is 16.6. The molecule has 3 rings (SSSR count). The molecule has 4 atom stereocenters. The summed E-state index contributed by atoms with van der Waals surface area (Å²) in [6.07, 6.45) is 0.277. The van der Waals surface area contributed by atoms with Crippen molar-refractivity contribution < 1.29 is 19.1 Å². The number of amides is 2. The Kier molecular flexibility index (Phi) is 8.11. The highest BCUT2D eigenvalue weighted by atomic mass is 16.5. The molecule has 3 N–H and O–H groups in total. The highest BCUT2D eigenvalue weighted by molar-refractivity contribution is 6.04. The molecule has 1 aliphatic heterocycles. The monoisotopic (exact) mass is 480 g/mol. The summed E-state index contributed by atoms with van der Waals surface area (Å²) in [5.41, 5.74) is 15.1. The van der Waals surface area contributed by atoms with E-state index in [0.717, 1.165) is 21.2 Å². The van der Waals surface area contributed by atoms with Crippen LogP contribution in [0.3, 0.4) is 0 Å². The van der Waals surface area contributed by atoms with Crippen LogP contribution in [0, 0.1) is 5.41 Å². The molecule has 1 saturated heterocycles. The number of hydrogen-bond donors (Lipinski definition) is 2. The second kappa shape index (κ2) is 10.9. The highest BCUT2D eigenvalue weighted by Gasteiger charge is 2.44. The SMILES string of the molecule is COC(=O)C(Cc1ccc2ccccc2c1)N(C(=O)[C@@H]1C[C@H](N=[N+]=[N-])CN1)C(=O)[C@@H](N)C(C)(C)C. The largest absolute Gasteiger partial charge is 0.467 e. The maximum Gasteiger partial charge on any atom is 0.329 e. The lowest BCUT2D eigenvalue weighted by Gasteiger charge is -2.35. The fourth-order valence-electron chi connectivity index (χ4n) is 4.18. The van der Waals surface area contributed by atoms with E-state index >= 15 is 0 Å². The summed E-state index contributed by atoms with van der Waals surface area (Å²) in [5, 5.41) is 8.68. The fourth-order valence-corrected chi connectivity index (χ4v) is 4.18. The third-order valence-corrected chi connectivity index (χ3v) is 6.32. The number of carbonyl (C=O) groups is 3. The first kappa shape index (κ1) is 26.2. The summed E-state index contributed by atoms with van der Waals surface area (Å²) in [4.78, 5) is 44.0. The average molecular weight is 481 g/mol. The second-order valence-corrected chi connectivity index (χ2v) is 9.87. The molecule has 2 amide bonds. The molecule has 0 saturated carbocycles. The van der Waals surface area contributed by atoms with E-state index in [-0.39, 0.29) is 12.8 Å². The third-order valence-electron chi connectivity index (χ3n) is 6.32. The van der Waals surface area contributed by atoms with Gasteiger partial charge in [0.1, 0.15) is 6.04 Å². The number of hydrogen-bond acceptors (Lipinski definition) is 7. The minimum absolute atomic E-state index is 0.0678. The van der Waals surface area contributed by atoms with Crippen molar-refractivity contribution in [2.75, 3.05) is 13.7 Å². The van der Waals surface area contributed by atoms with Crippen LogP contribution in [0.1, 0.15) is 32.8 Å². The van der Waals surface area contributed by atoms with Crippen molar-refractivity contribution in [3.63, 3.8) is 0 Å². The van der Waals surface area contributed by atoms with E-state index in [9.17, 15) is 14.4 Å². The van der Waals surface area contributed by atoms with Crippen molar-refractivity contribution in [1.82, 2.24) is 10.2 Å². The zero-order valence-corrected chi connectivity index (χ0v) is 20.5. The first-order valence-electron chi connectivity index (χ1n) is 11.5. The van der Waals surface area contributed by atoms with Gasteiger partial charge in [-0.3, -0.25) is 14.5 Å². The van der Waals surface area contributed by atoms with Gasteiger partial charge in [-0.2, -0.15) is 0 Å². The predicted molar refractivity (Wildman–Crippen MR) is 132 cm³/mol. The van der Waals surface area contributed by atoms with Crippen molar-refractivity contribution in [2.45, 2.75) is 57.8 Å². The van der Waals surface area contributed by atoms with Gasteiger partial charge in [0.15, 0.2) is 0 Å². The van der Waals surface area contributed by atoms with Crippen LogP contribution in [0.4, 0.5) is 0 Å². The number of nitrogens with two attached hydrogens (primary N) is 1. The van der Waals surface area contributed by atoms with Gasteiger partial charge in [0.25, 0.3) is 0 Å². The number of nitrogens with one attached hydrogen (secondary N) is 1. The molecule has 1 unspecified atom stereocenters. The fraction of sp³-hybridized carbons (Fsp3) is 0.480. The van der Waals surface area contributed by atoms with Crippen molar-refractivity contribution in [3.05, 3.63) is 58.5 Å². The number of benzene rings is 2. The van der Waals surface area contributed by atoms with Crippen LogP contribution in [0.15, 0.2) is 47.6 Å². The van der Waals surface area contributed by atoms with Gasteiger partial charge in [-0.1, -0.05) is 68.4 Å². The highest BCUT2D eigenvalue weighted by Crippen LogP contribution is 2.25. The molecule has 10 heteroatoms. The number of ether oxygens (including phenoxy) is 1. The first-order valence-corrected chi connectivity index (χ1v) is 11.5. The van der Waals surface area contributed by atoms with Crippen LogP contribution in [-0.4, -0.2) is 60.5 Å². The molecule has 1 fully saturated rings. The molecule has 1 heterocycles. The van der Waals surface area contributed by atoms with Gasteiger partial charge in [-0.15, -0.1) is 0 Å². The lowest BCUT2D eigenvalue weighted by atomic mass is 9.86. The van der Waals surface area contributed by atoms with E-state index in [2.05, 4.69) is 15.3 Å². The van der Waals surface area contributed by atoms with Gasteiger partial charge in [0.2, 0.25) is 11.8 Å². The van der Waals surface area contributed by atoms with Gasteiger partial charge in [0.05, 0.1) is 25.2 Å². The summed E-state index contributed by atoms with van der Waals surface area (Å²) in [6, 6.07) is 10.0. The van der Waals surface area contributed by atoms with E-state index in [0.29, 0.717) is 6.54 Å². The Morgan fingerprint density at radius 2 is 1.91 bits per heavy atom. The molecule has 0 radical (unpaired) electrons. The Morgan fingerprint density at radius 3 is 2.54 bits per heavy atom. The molecule has 2 aromatic rings. The summed E-state index contributed by atoms with van der Waals surface area (Å²) < 4.78 is 5.03. The average Bonchev–Trinajstić information content (AvgIpc) is 3.30. The Morgan fingerprint density at radius 1 is 1.23 bits per heavy atom. The molecule has 0 bridgehead atoms. The number of fused-ring (bicyclic) bond motifs is 1. The zero-order valence-electron chi connectivity index (χ0n) is 20.5. The number of rotatable bonds is 7. The Labute approximate surface area is 204 Å². The topological polar surface area (TPSA) is 150 Å². The van der Waals surface area contributed by atoms with E-state index < -0.39 is 47.4 Å². The van der Waals surface area contributed by atoms with Crippen molar-refractivity contribution in [1.29, 1.82) is 0 Å². The number of azide groups is 1. The van der Waals surface area contributed by atoms with Crippen LogP contribution < -0.4 is 11.1 Å². The zero-order chi connectivity index (χ0) is 25.8. The van der Waals surface area contributed by atoms with Gasteiger partial charge < -0.3 is 15.8 Å². The van der Waals surface area contributed by atoms with E-state index in [1.54, 1.807) is 20.8 Å². The summed E-state index contributed by atoms with van der Waals surface area (Å²) >= 11 is 0. The van der Waals surface area contributed by atoms with E-state index in [1.807, 2.05) is 42.5 Å². The number of carbonyl (C=O) groups excluding carboxylic acids is 3. The maximum atomic E-state index is 13.7. The Balaban J connectivity index is 2.01. The van der Waals surface area contributed by atoms with Gasteiger partial charge >= 0.3 is 5.97 Å². The molecule has 35 heavy (non-hydrogen) atoms. The molecule has 186 valence electrons. The molecular weight excluding hydrogens is 448 g/mol. The normalized spacial score (nSPS) is 19.5. The van der Waals surface area contributed by atoms with Crippen LogP contribution in [-0.2, 0) is 25.5 Å². The maximum absolute atomic E-state index is 13.7. The second-order valence-electron chi connectivity index (χ2n) is 9.87. The summed E-state index contributed by atoms with van der Waals surface area (Å²) in [5.74, 6) is -1.97. The van der Waals surface area contributed by atoms with E-state index in [1.165, 1.54) is 7.11 Å². The van der Waals surface area contributed by atoms with Crippen LogP contribution in [0.5, 0.6) is 0 Å².